The topological polar surface area (TPSA) is 106 Å². The summed E-state index contributed by atoms with van der Waals surface area (Å²) in [6.07, 6.45) is 1.91. The number of carbonyl (C=O) groups is 3. The summed E-state index contributed by atoms with van der Waals surface area (Å²) in [6.45, 7) is 3.38. The van der Waals surface area contributed by atoms with Crippen molar-refractivity contribution in [2.45, 2.75) is 33.0 Å². The van der Waals surface area contributed by atoms with Crippen molar-refractivity contribution in [3.8, 4) is 17.6 Å². The van der Waals surface area contributed by atoms with Crippen molar-refractivity contribution < 1.29 is 28.6 Å². The molecule has 0 saturated carbocycles. The fraction of sp³-hybridized carbons (Fsp3) is 0.280. The van der Waals surface area contributed by atoms with Gasteiger partial charge in [-0.3, -0.25) is 19.3 Å². The van der Waals surface area contributed by atoms with E-state index in [1.807, 2.05) is 19.1 Å². The SMILES string of the molecule is CC[C@H](C)OC(=O)CN1C(=O)S/C(=C\c2ccc(OCc3ccccc3C#N)c(OC)c2)C1=O. The normalized spacial score (nSPS) is 15.2. The third-order valence-corrected chi connectivity index (χ3v) is 5.98. The number of methoxy groups -OCH3 is 1. The van der Waals surface area contributed by atoms with Gasteiger partial charge in [0.1, 0.15) is 13.2 Å². The maximum absolute atomic E-state index is 12.7. The average Bonchev–Trinajstić information content (AvgIpc) is 3.10. The predicted molar refractivity (Wildman–Crippen MR) is 127 cm³/mol. The molecule has 2 amide bonds. The van der Waals surface area contributed by atoms with E-state index in [2.05, 4.69) is 6.07 Å². The minimum absolute atomic E-state index is 0.186. The molecule has 34 heavy (non-hydrogen) atoms. The second kappa shape index (κ2) is 11.4. The Kier molecular flexibility index (Phi) is 8.33. The molecule has 0 aromatic heterocycles. The van der Waals surface area contributed by atoms with Crippen LogP contribution in [-0.4, -0.2) is 41.8 Å². The summed E-state index contributed by atoms with van der Waals surface area (Å²) in [7, 11) is 1.49. The molecule has 0 spiro atoms. The highest BCUT2D eigenvalue weighted by Gasteiger charge is 2.36. The quantitative estimate of drug-likeness (QED) is 0.381. The van der Waals surface area contributed by atoms with Crippen LogP contribution in [0.2, 0.25) is 0 Å². The zero-order valence-electron chi connectivity index (χ0n) is 19.1. The van der Waals surface area contributed by atoms with Crippen LogP contribution in [0.1, 0.15) is 37.0 Å². The molecule has 0 radical (unpaired) electrons. The van der Waals surface area contributed by atoms with Crippen LogP contribution in [-0.2, 0) is 20.9 Å². The molecule has 3 rings (SSSR count). The lowest BCUT2D eigenvalue weighted by Gasteiger charge is -2.14. The van der Waals surface area contributed by atoms with E-state index in [4.69, 9.17) is 14.2 Å². The number of hydrogen-bond acceptors (Lipinski definition) is 8. The fourth-order valence-corrected chi connectivity index (χ4v) is 3.90. The van der Waals surface area contributed by atoms with Gasteiger partial charge in [-0.25, -0.2) is 0 Å². The van der Waals surface area contributed by atoms with Crippen molar-refractivity contribution >= 4 is 35.0 Å². The van der Waals surface area contributed by atoms with Crippen molar-refractivity contribution in [3.63, 3.8) is 0 Å². The Morgan fingerprint density at radius 2 is 1.97 bits per heavy atom. The Morgan fingerprint density at radius 1 is 1.21 bits per heavy atom. The van der Waals surface area contributed by atoms with Crippen LogP contribution < -0.4 is 9.47 Å². The fourth-order valence-electron chi connectivity index (χ4n) is 3.07. The van der Waals surface area contributed by atoms with Gasteiger partial charge >= 0.3 is 5.97 Å². The number of carbonyl (C=O) groups excluding carboxylic acids is 3. The molecule has 1 heterocycles. The van der Waals surface area contributed by atoms with Gasteiger partial charge in [0.05, 0.1) is 29.8 Å². The van der Waals surface area contributed by atoms with Crippen LogP contribution in [0, 0.1) is 11.3 Å². The Balaban J connectivity index is 1.72. The summed E-state index contributed by atoms with van der Waals surface area (Å²) in [5.74, 6) is -0.282. The van der Waals surface area contributed by atoms with E-state index >= 15 is 0 Å². The molecule has 1 aliphatic heterocycles. The minimum Gasteiger partial charge on any atom is -0.493 e. The molecule has 176 valence electrons. The van der Waals surface area contributed by atoms with Crippen molar-refractivity contribution in [1.29, 1.82) is 5.26 Å². The highest BCUT2D eigenvalue weighted by atomic mass is 32.2. The first-order valence-corrected chi connectivity index (χ1v) is 11.4. The highest BCUT2D eigenvalue weighted by molar-refractivity contribution is 8.18. The van der Waals surface area contributed by atoms with Gasteiger partial charge in [0.2, 0.25) is 0 Å². The molecule has 0 bridgehead atoms. The van der Waals surface area contributed by atoms with Gasteiger partial charge in [-0.05, 0) is 54.9 Å². The van der Waals surface area contributed by atoms with Crippen molar-refractivity contribution in [2.24, 2.45) is 0 Å². The number of thioether (sulfide) groups is 1. The van der Waals surface area contributed by atoms with Crippen molar-refractivity contribution in [2.75, 3.05) is 13.7 Å². The average molecular weight is 481 g/mol. The molecule has 0 unspecified atom stereocenters. The second-order valence-electron chi connectivity index (χ2n) is 7.44. The molecule has 9 heteroatoms. The van der Waals surface area contributed by atoms with Crippen LogP contribution in [0.3, 0.4) is 0 Å². The molecule has 1 aliphatic rings. The maximum atomic E-state index is 12.7. The zero-order valence-corrected chi connectivity index (χ0v) is 19.9. The van der Waals surface area contributed by atoms with Gasteiger partial charge in [0.25, 0.3) is 11.1 Å². The first-order valence-electron chi connectivity index (χ1n) is 10.6. The van der Waals surface area contributed by atoms with Gasteiger partial charge in [-0.1, -0.05) is 31.2 Å². The van der Waals surface area contributed by atoms with Crippen LogP contribution in [0.4, 0.5) is 4.79 Å². The molecule has 1 saturated heterocycles. The molecule has 2 aromatic rings. The van der Waals surface area contributed by atoms with Crippen molar-refractivity contribution in [1.82, 2.24) is 4.90 Å². The van der Waals surface area contributed by atoms with E-state index in [1.54, 1.807) is 43.3 Å². The summed E-state index contributed by atoms with van der Waals surface area (Å²) in [4.78, 5) is 38.0. The van der Waals surface area contributed by atoms with Crippen molar-refractivity contribution in [3.05, 3.63) is 64.1 Å². The summed E-state index contributed by atoms with van der Waals surface area (Å²) in [5.41, 5.74) is 1.90. The standard InChI is InChI=1S/C25H24N2O6S/c1-4-16(2)33-23(28)14-27-24(29)22(34-25(27)30)12-17-9-10-20(21(11-17)31-3)32-15-19-8-6-5-7-18(19)13-26/h5-12,16H,4,14-15H2,1-3H3/b22-12-/t16-/m0/s1. The number of nitriles is 1. The number of nitrogens with zero attached hydrogens (tertiary/aromatic N) is 2. The number of imide groups is 1. The largest absolute Gasteiger partial charge is 0.493 e. The second-order valence-corrected chi connectivity index (χ2v) is 8.44. The Morgan fingerprint density at radius 3 is 2.68 bits per heavy atom. The van der Waals surface area contributed by atoms with Gasteiger partial charge in [-0.15, -0.1) is 0 Å². The lowest BCUT2D eigenvalue weighted by molar-refractivity contribution is -0.150. The predicted octanol–water partition coefficient (Wildman–Crippen LogP) is 4.52. The number of esters is 1. The Hall–Kier alpha value is -3.77. The van der Waals surface area contributed by atoms with E-state index in [9.17, 15) is 19.6 Å². The van der Waals surface area contributed by atoms with E-state index in [-0.39, 0.29) is 17.6 Å². The van der Waals surface area contributed by atoms with Crippen LogP contribution in [0.25, 0.3) is 6.08 Å². The smallest absolute Gasteiger partial charge is 0.326 e. The Bertz CT molecular complexity index is 1170. The summed E-state index contributed by atoms with van der Waals surface area (Å²) >= 11 is 0.761. The molecule has 1 fully saturated rings. The van der Waals surface area contributed by atoms with Crippen LogP contribution >= 0.6 is 11.8 Å². The van der Waals surface area contributed by atoms with Gasteiger partial charge < -0.3 is 14.2 Å². The van der Waals surface area contributed by atoms with Crippen LogP contribution in [0.15, 0.2) is 47.4 Å². The molecular weight excluding hydrogens is 456 g/mol. The first-order chi connectivity index (χ1) is 16.4. The van der Waals surface area contributed by atoms with E-state index < -0.39 is 23.7 Å². The molecular formula is C25H24N2O6S. The molecule has 1 atom stereocenters. The number of amides is 2. The van der Waals surface area contributed by atoms with E-state index in [0.29, 0.717) is 29.0 Å². The van der Waals surface area contributed by atoms with Gasteiger partial charge in [0.15, 0.2) is 11.5 Å². The van der Waals surface area contributed by atoms with Crippen LogP contribution in [0.5, 0.6) is 11.5 Å². The zero-order chi connectivity index (χ0) is 24.7. The third-order valence-electron chi connectivity index (χ3n) is 5.07. The molecule has 8 nitrogen and oxygen atoms in total. The maximum Gasteiger partial charge on any atom is 0.326 e. The number of benzene rings is 2. The monoisotopic (exact) mass is 480 g/mol. The molecule has 0 aliphatic carbocycles. The van der Waals surface area contributed by atoms with Gasteiger partial charge in [-0.2, -0.15) is 5.26 Å². The molecule has 0 N–H and O–H groups in total. The van der Waals surface area contributed by atoms with E-state index in [0.717, 1.165) is 22.2 Å². The summed E-state index contributed by atoms with van der Waals surface area (Å²) in [5, 5.41) is 8.70. The Labute approximate surface area is 202 Å². The first kappa shape index (κ1) is 24.9. The summed E-state index contributed by atoms with van der Waals surface area (Å²) in [6, 6.07) is 14.4. The number of hydrogen-bond donors (Lipinski definition) is 0. The lowest BCUT2D eigenvalue weighted by Crippen LogP contribution is -2.35. The minimum atomic E-state index is -0.626. The summed E-state index contributed by atoms with van der Waals surface area (Å²) < 4.78 is 16.4. The highest BCUT2D eigenvalue weighted by Crippen LogP contribution is 2.35. The molecule has 2 aromatic carbocycles. The van der Waals surface area contributed by atoms with E-state index in [1.165, 1.54) is 7.11 Å². The third kappa shape index (κ3) is 5.97. The number of ether oxygens (including phenoxy) is 3. The lowest BCUT2D eigenvalue weighted by atomic mass is 10.1. The van der Waals surface area contributed by atoms with Gasteiger partial charge in [0, 0.05) is 5.56 Å². The number of rotatable bonds is 9.